The van der Waals surface area contributed by atoms with Gasteiger partial charge in [0.05, 0.1) is 5.69 Å². The zero-order chi connectivity index (χ0) is 15.9. The molecule has 1 N–H and O–H groups in total. The van der Waals surface area contributed by atoms with Crippen molar-refractivity contribution >= 4 is 17.7 Å². The highest BCUT2D eigenvalue weighted by Gasteiger charge is 2.21. The maximum absolute atomic E-state index is 12.2. The van der Waals surface area contributed by atoms with Gasteiger partial charge in [-0.3, -0.25) is 14.8 Å². The van der Waals surface area contributed by atoms with Gasteiger partial charge in [0, 0.05) is 50.0 Å². The van der Waals surface area contributed by atoms with Crippen molar-refractivity contribution in [3.63, 3.8) is 0 Å². The molecule has 1 aliphatic heterocycles. The molecule has 2 aromatic heterocycles. The molecular formula is C18H20N4O. The van der Waals surface area contributed by atoms with Gasteiger partial charge in [-0.25, -0.2) is 0 Å². The molecule has 1 saturated heterocycles. The Bertz CT molecular complexity index is 649. The Kier molecular flexibility index (Phi) is 4.99. The molecule has 0 aromatic carbocycles. The topological polar surface area (TPSA) is 58.1 Å². The molecule has 3 rings (SSSR count). The number of aromatic nitrogens is 2. The number of likely N-dealkylation sites (tertiary alicyclic amines) is 1. The summed E-state index contributed by atoms with van der Waals surface area (Å²) in [4.78, 5) is 22.2. The molecule has 1 amide bonds. The van der Waals surface area contributed by atoms with E-state index in [9.17, 15) is 4.79 Å². The summed E-state index contributed by atoms with van der Waals surface area (Å²) < 4.78 is 0. The lowest BCUT2D eigenvalue weighted by Gasteiger charge is -2.32. The maximum Gasteiger partial charge on any atom is 0.246 e. The van der Waals surface area contributed by atoms with E-state index in [0.717, 1.165) is 37.2 Å². The SMILES string of the molecule is O=C(/C=C\c1ccncc1)N1CCC(Nc2cccnc2)CC1. The number of anilines is 1. The van der Waals surface area contributed by atoms with Gasteiger partial charge in [-0.15, -0.1) is 0 Å². The summed E-state index contributed by atoms with van der Waals surface area (Å²) in [5.41, 5.74) is 2.02. The van der Waals surface area contributed by atoms with Gasteiger partial charge in [-0.05, 0) is 48.7 Å². The molecule has 0 unspecified atom stereocenters. The fourth-order valence-corrected chi connectivity index (χ4v) is 2.68. The molecular weight excluding hydrogens is 288 g/mol. The highest BCUT2D eigenvalue weighted by atomic mass is 16.2. The van der Waals surface area contributed by atoms with Crippen LogP contribution >= 0.6 is 0 Å². The Morgan fingerprint density at radius 3 is 2.61 bits per heavy atom. The molecule has 23 heavy (non-hydrogen) atoms. The lowest BCUT2D eigenvalue weighted by atomic mass is 10.0. The van der Waals surface area contributed by atoms with Crippen LogP contribution in [0, 0.1) is 0 Å². The summed E-state index contributed by atoms with van der Waals surface area (Å²) in [5.74, 6) is 0.0710. The molecule has 0 aliphatic carbocycles. The number of hydrogen-bond acceptors (Lipinski definition) is 4. The second-order valence-electron chi connectivity index (χ2n) is 5.60. The summed E-state index contributed by atoms with van der Waals surface area (Å²) in [6.45, 7) is 1.55. The second-order valence-corrected chi connectivity index (χ2v) is 5.60. The number of carbonyl (C=O) groups excluding carboxylic acids is 1. The highest BCUT2D eigenvalue weighted by Crippen LogP contribution is 2.16. The van der Waals surface area contributed by atoms with Crippen molar-refractivity contribution in [1.82, 2.24) is 14.9 Å². The molecule has 0 saturated carbocycles. The van der Waals surface area contributed by atoms with Crippen molar-refractivity contribution in [2.24, 2.45) is 0 Å². The highest BCUT2D eigenvalue weighted by molar-refractivity contribution is 5.91. The van der Waals surface area contributed by atoms with Gasteiger partial charge < -0.3 is 10.2 Å². The van der Waals surface area contributed by atoms with Gasteiger partial charge in [-0.2, -0.15) is 0 Å². The third-order valence-electron chi connectivity index (χ3n) is 3.96. The van der Waals surface area contributed by atoms with E-state index < -0.39 is 0 Å². The van der Waals surface area contributed by atoms with Gasteiger partial charge in [0.25, 0.3) is 0 Å². The molecule has 0 atom stereocenters. The fraction of sp³-hybridized carbons (Fsp3) is 0.278. The Morgan fingerprint density at radius 1 is 1.13 bits per heavy atom. The quantitative estimate of drug-likeness (QED) is 0.882. The van der Waals surface area contributed by atoms with Crippen molar-refractivity contribution in [3.8, 4) is 0 Å². The summed E-state index contributed by atoms with van der Waals surface area (Å²) in [7, 11) is 0. The van der Waals surface area contributed by atoms with Gasteiger partial charge in [0.1, 0.15) is 0 Å². The van der Waals surface area contributed by atoms with Crippen LogP contribution in [0.2, 0.25) is 0 Å². The zero-order valence-electron chi connectivity index (χ0n) is 12.9. The van der Waals surface area contributed by atoms with Crippen molar-refractivity contribution in [2.45, 2.75) is 18.9 Å². The van der Waals surface area contributed by atoms with Crippen LogP contribution in [0.1, 0.15) is 18.4 Å². The Hall–Kier alpha value is -2.69. The standard InChI is InChI=1S/C18H20N4O/c23-18(4-3-15-5-10-19-11-6-15)22-12-7-16(8-13-22)21-17-2-1-9-20-14-17/h1-6,9-11,14,16,21H,7-8,12-13H2/b4-3-. The fourth-order valence-electron chi connectivity index (χ4n) is 2.68. The largest absolute Gasteiger partial charge is 0.381 e. The van der Waals surface area contributed by atoms with Crippen LogP contribution in [0.4, 0.5) is 5.69 Å². The van der Waals surface area contributed by atoms with Crippen LogP contribution in [0.5, 0.6) is 0 Å². The predicted molar refractivity (Wildman–Crippen MR) is 90.7 cm³/mol. The first-order valence-corrected chi connectivity index (χ1v) is 7.85. The van der Waals surface area contributed by atoms with Gasteiger partial charge in [-0.1, -0.05) is 0 Å². The number of nitrogens with zero attached hydrogens (tertiary/aromatic N) is 3. The van der Waals surface area contributed by atoms with Crippen LogP contribution in [0.15, 0.2) is 55.1 Å². The smallest absolute Gasteiger partial charge is 0.246 e. The minimum atomic E-state index is 0.0710. The number of amides is 1. The van der Waals surface area contributed by atoms with Crippen LogP contribution in [-0.2, 0) is 4.79 Å². The van der Waals surface area contributed by atoms with E-state index in [2.05, 4.69) is 15.3 Å². The molecule has 0 spiro atoms. The molecule has 1 fully saturated rings. The molecule has 3 heterocycles. The number of hydrogen-bond donors (Lipinski definition) is 1. The average Bonchev–Trinajstić information content (AvgIpc) is 2.62. The number of piperidine rings is 1. The van der Waals surface area contributed by atoms with Crippen molar-refractivity contribution in [3.05, 3.63) is 60.7 Å². The first kappa shape index (κ1) is 15.2. The normalized spacial score (nSPS) is 15.7. The Balaban J connectivity index is 1.48. The predicted octanol–water partition coefficient (Wildman–Crippen LogP) is 2.59. The van der Waals surface area contributed by atoms with Crippen LogP contribution in [0.25, 0.3) is 6.08 Å². The summed E-state index contributed by atoms with van der Waals surface area (Å²) in [6.07, 6.45) is 12.4. The van der Waals surface area contributed by atoms with Gasteiger partial charge in [0.2, 0.25) is 5.91 Å². The Labute approximate surface area is 136 Å². The molecule has 5 nitrogen and oxygen atoms in total. The molecule has 1 aliphatic rings. The van der Waals surface area contributed by atoms with E-state index in [1.54, 1.807) is 24.7 Å². The third-order valence-corrected chi connectivity index (χ3v) is 3.96. The number of nitrogens with one attached hydrogen (secondary N) is 1. The number of pyridine rings is 2. The summed E-state index contributed by atoms with van der Waals surface area (Å²) in [5, 5.41) is 3.47. The van der Waals surface area contributed by atoms with E-state index in [0.29, 0.717) is 6.04 Å². The van der Waals surface area contributed by atoms with E-state index in [1.165, 1.54) is 0 Å². The van der Waals surface area contributed by atoms with Gasteiger partial charge in [0.15, 0.2) is 0 Å². The zero-order valence-corrected chi connectivity index (χ0v) is 12.9. The first-order valence-electron chi connectivity index (χ1n) is 7.85. The Morgan fingerprint density at radius 2 is 1.91 bits per heavy atom. The van der Waals surface area contributed by atoms with Crippen LogP contribution < -0.4 is 5.32 Å². The van der Waals surface area contributed by atoms with Crippen LogP contribution in [0.3, 0.4) is 0 Å². The van der Waals surface area contributed by atoms with Crippen molar-refractivity contribution in [1.29, 1.82) is 0 Å². The van der Waals surface area contributed by atoms with Crippen molar-refractivity contribution in [2.75, 3.05) is 18.4 Å². The molecule has 0 radical (unpaired) electrons. The van der Waals surface area contributed by atoms with Crippen LogP contribution in [-0.4, -0.2) is 39.9 Å². The van der Waals surface area contributed by atoms with Crippen molar-refractivity contribution < 1.29 is 4.79 Å². The number of carbonyl (C=O) groups is 1. The maximum atomic E-state index is 12.2. The van der Waals surface area contributed by atoms with E-state index in [1.807, 2.05) is 41.4 Å². The van der Waals surface area contributed by atoms with Gasteiger partial charge >= 0.3 is 0 Å². The van der Waals surface area contributed by atoms with E-state index in [4.69, 9.17) is 0 Å². The molecule has 0 bridgehead atoms. The lowest BCUT2D eigenvalue weighted by Crippen LogP contribution is -2.41. The van der Waals surface area contributed by atoms with E-state index in [-0.39, 0.29) is 5.91 Å². The summed E-state index contributed by atoms with van der Waals surface area (Å²) in [6, 6.07) is 8.10. The van der Waals surface area contributed by atoms with E-state index >= 15 is 0 Å². The summed E-state index contributed by atoms with van der Waals surface area (Å²) >= 11 is 0. The first-order chi connectivity index (χ1) is 11.3. The monoisotopic (exact) mass is 308 g/mol. The molecule has 2 aromatic rings. The lowest BCUT2D eigenvalue weighted by molar-refractivity contribution is -0.126. The third kappa shape index (κ3) is 4.39. The minimum absolute atomic E-state index is 0.0710. The molecule has 5 heteroatoms. The molecule has 118 valence electrons. The second kappa shape index (κ2) is 7.54. The number of rotatable bonds is 4. The minimum Gasteiger partial charge on any atom is -0.381 e. The average molecular weight is 308 g/mol.